The van der Waals surface area contributed by atoms with E-state index < -0.39 is 6.16 Å². The Bertz CT molecular complexity index is 144. The van der Waals surface area contributed by atoms with Gasteiger partial charge in [-0.05, 0) is 0 Å². The largest absolute Gasteiger partial charge is 0.503 e. The molecule has 0 saturated carbocycles. The molecular formula is C7H17NO9. The van der Waals surface area contributed by atoms with Gasteiger partial charge in [0.05, 0.1) is 45.0 Å². The Balaban J connectivity index is 0. The van der Waals surface area contributed by atoms with E-state index in [2.05, 4.69) is 0 Å². The maximum absolute atomic E-state index is 8.56. The fourth-order valence-corrected chi connectivity index (χ4v) is 0.458. The molecule has 104 valence electrons. The standard InChI is InChI=1S/C6H15NO6.CH2O3/c8-1-4-11-7(12-5-2-9)13-6-3-10;2-1(3)4/h8-10H,1-6H2;(H2,2,3,4). The molecule has 0 amide bonds. The van der Waals surface area contributed by atoms with E-state index in [1.54, 1.807) is 0 Å². The summed E-state index contributed by atoms with van der Waals surface area (Å²) in [5, 5.41) is 39.8. The molecule has 5 N–H and O–H groups in total. The van der Waals surface area contributed by atoms with E-state index in [4.69, 9.17) is 44.8 Å². The smallest absolute Gasteiger partial charge is 0.450 e. The number of aliphatic hydroxyl groups excluding tert-OH is 3. The first-order chi connectivity index (χ1) is 8.08. The third kappa shape index (κ3) is 20.9. The highest BCUT2D eigenvalue weighted by molar-refractivity contribution is 5.53. The fourth-order valence-electron chi connectivity index (χ4n) is 0.458. The average molecular weight is 259 g/mol. The third-order valence-corrected chi connectivity index (χ3v) is 0.864. The maximum atomic E-state index is 8.56. The topological polar surface area (TPSA) is 149 Å². The van der Waals surface area contributed by atoms with Crippen molar-refractivity contribution in [1.82, 2.24) is 5.39 Å². The van der Waals surface area contributed by atoms with E-state index >= 15 is 0 Å². The van der Waals surface area contributed by atoms with Crippen molar-refractivity contribution in [1.29, 1.82) is 0 Å². The van der Waals surface area contributed by atoms with Gasteiger partial charge in [0.25, 0.3) is 0 Å². The van der Waals surface area contributed by atoms with Crippen LogP contribution in [0.2, 0.25) is 0 Å². The molecule has 10 nitrogen and oxygen atoms in total. The molecule has 0 aliphatic rings. The van der Waals surface area contributed by atoms with Crippen LogP contribution >= 0.6 is 0 Å². The van der Waals surface area contributed by atoms with Crippen LogP contribution in [-0.4, -0.2) is 76.7 Å². The van der Waals surface area contributed by atoms with E-state index in [1.165, 1.54) is 0 Å². The predicted octanol–water partition coefficient (Wildman–Crippen LogP) is -1.72. The van der Waals surface area contributed by atoms with Gasteiger partial charge in [0.2, 0.25) is 0 Å². The zero-order valence-electron chi connectivity index (χ0n) is 9.06. The van der Waals surface area contributed by atoms with E-state index in [-0.39, 0.29) is 39.6 Å². The molecule has 0 atom stereocenters. The first-order valence-corrected chi connectivity index (χ1v) is 4.51. The van der Waals surface area contributed by atoms with Gasteiger partial charge in [0.15, 0.2) is 0 Å². The molecule has 0 rings (SSSR count). The van der Waals surface area contributed by atoms with Crippen molar-refractivity contribution >= 4 is 6.16 Å². The lowest BCUT2D eigenvalue weighted by Gasteiger charge is -2.17. The summed E-state index contributed by atoms with van der Waals surface area (Å²) >= 11 is 0. The Morgan fingerprint density at radius 3 is 1.24 bits per heavy atom. The second-order valence-corrected chi connectivity index (χ2v) is 2.18. The lowest BCUT2D eigenvalue weighted by atomic mass is 10.8. The Kier molecular flexibility index (Phi) is 16.2. The summed E-state index contributed by atoms with van der Waals surface area (Å²) in [6.07, 6.45) is -1.83. The molecule has 0 saturated heterocycles. The van der Waals surface area contributed by atoms with Gasteiger partial charge in [-0.3, -0.25) is 0 Å². The summed E-state index contributed by atoms with van der Waals surface area (Å²) in [7, 11) is 0. The van der Waals surface area contributed by atoms with Crippen molar-refractivity contribution in [3.63, 3.8) is 0 Å². The molecule has 0 heterocycles. The molecule has 17 heavy (non-hydrogen) atoms. The average Bonchev–Trinajstić information content (AvgIpc) is 2.27. The molecule has 0 unspecified atom stereocenters. The number of hydrogen-bond donors (Lipinski definition) is 5. The van der Waals surface area contributed by atoms with Crippen molar-refractivity contribution in [3.05, 3.63) is 0 Å². The zero-order chi connectivity index (χ0) is 13.5. The summed E-state index contributed by atoms with van der Waals surface area (Å²) in [6.45, 7) is -0.505. The van der Waals surface area contributed by atoms with E-state index in [0.29, 0.717) is 5.39 Å². The molecule has 0 aliphatic heterocycles. The lowest BCUT2D eigenvalue weighted by molar-refractivity contribution is -0.527. The molecule has 0 aliphatic carbocycles. The number of hydrogen-bond acceptors (Lipinski definition) is 8. The second-order valence-electron chi connectivity index (χ2n) is 2.18. The Morgan fingerprint density at radius 1 is 0.824 bits per heavy atom. The summed E-state index contributed by atoms with van der Waals surface area (Å²) < 4.78 is 0. The van der Waals surface area contributed by atoms with Crippen LogP contribution in [0.1, 0.15) is 0 Å². The first-order valence-electron chi connectivity index (χ1n) is 4.51. The minimum absolute atomic E-state index is 0.0108. The Hall–Kier alpha value is -1.01. The molecule has 0 radical (unpaired) electrons. The van der Waals surface area contributed by atoms with Crippen LogP contribution in [0.15, 0.2) is 0 Å². The number of nitrogens with zero attached hydrogens (tertiary/aromatic N) is 1. The molecule has 0 fully saturated rings. The van der Waals surface area contributed by atoms with E-state index in [0.717, 1.165) is 0 Å². The van der Waals surface area contributed by atoms with Crippen molar-refractivity contribution in [2.75, 3.05) is 39.6 Å². The molecular weight excluding hydrogens is 242 g/mol. The number of carbonyl (C=O) groups is 1. The molecule has 10 heteroatoms. The lowest BCUT2D eigenvalue weighted by Crippen LogP contribution is -2.28. The van der Waals surface area contributed by atoms with Crippen molar-refractivity contribution < 1.29 is 44.8 Å². The van der Waals surface area contributed by atoms with Gasteiger partial charge in [-0.2, -0.15) is 0 Å². The Morgan fingerprint density at radius 2 is 1.06 bits per heavy atom. The zero-order valence-corrected chi connectivity index (χ0v) is 9.06. The van der Waals surface area contributed by atoms with Crippen LogP contribution < -0.4 is 0 Å². The maximum Gasteiger partial charge on any atom is 0.503 e. The quantitative estimate of drug-likeness (QED) is 0.303. The monoisotopic (exact) mass is 259 g/mol. The summed E-state index contributed by atoms with van der Waals surface area (Å²) in [4.78, 5) is 22.7. The van der Waals surface area contributed by atoms with Crippen LogP contribution in [0.25, 0.3) is 0 Å². The molecule has 0 bridgehead atoms. The highest BCUT2D eigenvalue weighted by atomic mass is 17.2. The normalized spacial score (nSPS) is 9.88. The van der Waals surface area contributed by atoms with Crippen molar-refractivity contribution in [2.45, 2.75) is 0 Å². The number of carboxylic acid groups (broad SMARTS) is 2. The Labute approximate surface area is 97.0 Å². The van der Waals surface area contributed by atoms with Crippen LogP contribution in [0.4, 0.5) is 4.79 Å². The van der Waals surface area contributed by atoms with Gasteiger partial charge in [-0.25, -0.2) is 19.3 Å². The third-order valence-electron chi connectivity index (χ3n) is 0.864. The first kappa shape index (κ1) is 18.4. The molecule has 0 aromatic rings. The van der Waals surface area contributed by atoms with Crippen LogP contribution in [-0.2, 0) is 14.5 Å². The second kappa shape index (κ2) is 15.0. The van der Waals surface area contributed by atoms with Gasteiger partial charge in [0.1, 0.15) is 0 Å². The van der Waals surface area contributed by atoms with Gasteiger partial charge in [0, 0.05) is 0 Å². The van der Waals surface area contributed by atoms with E-state index in [9.17, 15) is 0 Å². The molecule has 0 aromatic carbocycles. The summed E-state index contributed by atoms with van der Waals surface area (Å²) in [6, 6.07) is 0. The van der Waals surface area contributed by atoms with Gasteiger partial charge >= 0.3 is 6.16 Å². The highest BCUT2D eigenvalue weighted by Crippen LogP contribution is 1.93. The number of rotatable bonds is 9. The minimum Gasteiger partial charge on any atom is -0.450 e. The fraction of sp³-hybridized carbons (Fsp3) is 0.857. The highest BCUT2D eigenvalue weighted by Gasteiger charge is 2.05. The summed E-state index contributed by atoms with van der Waals surface area (Å²) in [5.41, 5.74) is 0. The molecule has 0 spiro atoms. The van der Waals surface area contributed by atoms with Crippen LogP contribution in [0.3, 0.4) is 0 Å². The summed E-state index contributed by atoms with van der Waals surface area (Å²) in [5.74, 6) is 0. The van der Waals surface area contributed by atoms with Gasteiger partial charge < -0.3 is 25.5 Å². The number of aliphatic hydroxyl groups is 3. The van der Waals surface area contributed by atoms with Crippen LogP contribution in [0.5, 0.6) is 0 Å². The van der Waals surface area contributed by atoms with Gasteiger partial charge in [-0.1, -0.05) is 0 Å². The minimum atomic E-state index is -1.83. The van der Waals surface area contributed by atoms with Crippen molar-refractivity contribution in [2.24, 2.45) is 0 Å². The molecule has 0 aromatic heterocycles. The SMILES string of the molecule is O=C(O)O.OCCON(OCCO)OCCO. The van der Waals surface area contributed by atoms with Crippen LogP contribution in [0, 0.1) is 0 Å². The van der Waals surface area contributed by atoms with Gasteiger partial charge in [-0.15, -0.1) is 0 Å². The predicted molar refractivity (Wildman–Crippen MR) is 51.6 cm³/mol. The van der Waals surface area contributed by atoms with E-state index in [1.807, 2.05) is 0 Å². The van der Waals surface area contributed by atoms with Crippen molar-refractivity contribution in [3.8, 4) is 0 Å².